The van der Waals surface area contributed by atoms with Crippen molar-refractivity contribution in [3.63, 3.8) is 0 Å². The second kappa shape index (κ2) is 6.77. The zero-order chi connectivity index (χ0) is 10.3. The molecule has 0 saturated carbocycles. The van der Waals surface area contributed by atoms with Crippen molar-refractivity contribution in [3.05, 3.63) is 0 Å². The molecule has 1 atom stereocenters. The van der Waals surface area contributed by atoms with Gasteiger partial charge in [-0.2, -0.15) is 11.8 Å². The average molecular weight is 208 g/mol. The van der Waals surface area contributed by atoms with Gasteiger partial charge < -0.3 is 10.4 Å². The Morgan fingerprint density at radius 2 is 2.15 bits per heavy atom. The summed E-state index contributed by atoms with van der Waals surface area (Å²) in [4.78, 5) is 21.2. The molecule has 13 heavy (non-hydrogen) atoms. The van der Waals surface area contributed by atoms with Gasteiger partial charge in [0.15, 0.2) is 0 Å². The van der Waals surface area contributed by atoms with Crippen molar-refractivity contribution in [2.45, 2.75) is 26.3 Å². The van der Waals surface area contributed by atoms with E-state index in [1.807, 2.05) is 6.92 Å². The highest BCUT2D eigenvalue weighted by Gasteiger charge is 2.17. The number of thioether (sulfide) groups is 1. The van der Waals surface area contributed by atoms with Crippen LogP contribution in [0.15, 0.2) is 0 Å². The molecule has 0 aliphatic rings. The first-order chi connectivity index (χ1) is 6.07. The van der Waals surface area contributed by atoms with Gasteiger partial charge in [0.1, 0.15) is 6.04 Å². The number of nitrogens with one attached hydrogen (secondary N) is 1. The molecule has 0 spiro atoms. The van der Waals surface area contributed by atoms with E-state index in [2.05, 4.69) is 5.32 Å². The van der Waals surface area contributed by atoms with Crippen molar-refractivity contribution < 1.29 is 14.7 Å². The van der Waals surface area contributed by atoms with E-state index in [9.17, 15) is 9.59 Å². The zero-order valence-electron chi connectivity index (χ0n) is 7.87. The zero-order valence-corrected chi connectivity index (χ0v) is 8.69. The maximum atomic E-state index is 10.6. The number of rotatable bonds is 6. The highest BCUT2D eigenvalue weighted by molar-refractivity contribution is 7.99. The van der Waals surface area contributed by atoms with E-state index < -0.39 is 12.0 Å². The molecule has 0 rings (SSSR count). The van der Waals surface area contributed by atoms with Crippen molar-refractivity contribution in [1.82, 2.24) is 5.32 Å². The van der Waals surface area contributed by atoms with Crippen LogP contribution >= 0.6 is 11.8 Å². The van der Waals surface area contributed by atoms with Crippen LogP contribution in [0.25, 0.3) is 0 Å². The van der Waals surface area contributed by atoms with Crippen LogP contribution in [0.4, 0.5) is 0 Å². The number of aliphatic carboxylic acids is 1. The maximum Gasteiger partial charge on any atom is 0.327 e. The lowest BCUT2D eigenvalue weighted by Gasteiger charge is -2.11. The number of carbonyl (C=O) groups is 2. The molecule has 76 valence electrons. The molecule has 0 bridgehead atoms. The summed E-state index contributed by atoms with van der Waals surface area (Å²) in [5, 5.41) is 11.1. The maximum absolute atomic E-state index is 10.6. The molecule has 0 unspecified atom stereocenters. The molecule has 0 aliphatic heterocycles. The van der Waals surface area contributed by atoms with Crippen LogP contribution in [-0.4, -0.2) is 34.5 Å². The molecule has 0 heterocycles. The number of carbonyl (C=O) groups excluding carboxylic acids is 1. The van der Waals surface area contributed by atoms with Crippen LogP contribution in [0.2, 0.25) is 0 Å². The first kappa shape index (κ1) is 12.3. The molecule has 0 saturated heterocycles. The Kier molecular flexibility index (Phi) is 6.40. The Balaban J connectivity index is 3.81. The van der Waals surface area contributed by atoms with Crippen LogP contribution in [0.1, 0.15) is 20.3 Å². The van der Waals surface area contributed by atoms with Gasteiger partial charge in [-0.05, 0) is 12.2 Å². The molecule has 0 fully saturated rings. The highest BCUT2D eigenvalue weighted by Crippen LogP contribution is 2.04. The average Bonchev–Trinajstić information content (AvgIpc) is 2.02. The predicted octanol–water partition coefficient (Wildman–Crippen LogP) is 0.719. The smallest absolute Gasteiger partial charge is 0.327 e. The summed E-state index contributed by atoms with van der Waals surface area (Å²) < 4.78 is 0. The fourth-order valence-corrected chi connectivity index (χ4v) is 1.68. The normalized spacial score (nSPS) is 12.2. The van der Waals surface area contributed by atoms with E-state index in [1.54, 1.807) is 0 Å². The SMILES string of the molecule is CC(=O)N[C@@H](CS[13CH2][13CH2][13CH3])C(=O)O. The summed E-state index contributed by atoms with van der Waals surface area (Å²) in [6.07, 6.45) is 1.01. The van der Waals surface area contributed by atoms with Crippen molar-refractivity contribution in [1.29, 1.82) is 0 Å². The van der Waals surface area contributed by atoms with E-state index in [0.717, 1.165) is 12.2 Å². The monoisotopic (exact) mass is 208 g/mol. The number of carboxylic acid groups (broad SMARTS) is 1. The second-order valence-corrected chi connectivity index (χ2v) is 3.82. The molecule has 0 aromatic rings. The number of carboxylic acids is 1. The van der Waals surface area contributed by atoms with Crippen LogP contribution in [-0.2, 0) is 9.59 Å². The summed E-state index contributed by atoms with van der Waals surface area (Å²) in [5.74, 6) is 0.0786. The second-order valence-electron chi connectivity index (χ2n) is 2.67. The van der Waals surface area contributed by atoms with Crippen LogP contribution in [0.3, 0.4) is 0 Å². The Bertz CT molecular complexity index is 184. The van der Waals surface area contributed by atoms with Crippen molar-refractivity contribution in [2.24, 2.45) is 0 Å². The molecule has 1 amide bonds. The van der Waals surface area contributed by atoms with Gasteiger partial charge >= 0.3 is 5.97 Å². The minimum atomic E-state index is -0.973. The van der Waals surface area contributed by atoms with E-state index in [4.69, 9.17) is 5.11 Å². The Morgan fingerprint density at radius 1 is 1.54 bits per heavy atom. The van der Waals surface area contributed by atoms with Gasteiger partial charge in [0, 0.05) is 12.7 Å². The number of hydrogen-bond donors (Lipinski definition) is 2. The van der Waals surface area contributed by atoms with Gasteiger partial charge in [-0.25, -0.2) is 4.79 Å². The fourth-order valence-electron chi connectivity index (χ4n) is 0.766. The molecular weight excluding hydrogens is 193 g/mol. The van der Waals surface area contributed by atoms with Crippen LogP contribution in [0.5, 0.6) is 0 Å². The first-order valence-electron chi connectivity index (χ1n) is 4.15. The highest BCUT2D eigenvalue weighted by atomic mass is 32.2. The predicted molar refractivity (Wildman–Crippen MR) is 52.9 cm³/mol. The third-order valence-electron chi connectivity index (χ3n) is 1.31. The van der Waals surface area contributed by atoms with Gasteiger partial charge in [-0.3, -0.25) is 4.79 Å². The molecule has 0 aromatic carbocycles. The molecule has 0 aliphatic carbocycles. The third-order valence-corrected chi connectivity index (χ3v) is 2.57. The fraction of sp³-hybridized carbons (Fsp3) is 0.750. The van der Waals surface area contributed by atoms with Gasteiger partial charge in [0.25, 0.3) is 0 Å². The van der Waals surface area contributed by atoms with E-state index in [1.165, 1.54) is 18.7 Å². The summed E-state index contributed by atoms with van der Waals surface area (Å²) >= 11 is 1.54. The standard InChI is InChI=1S/C8H15NO3S/c1-3-4-13-5-7(8(11)12)9-6(2)10/h7H,3-5H2,1-2H3,(H,9,10)(H,11,12)/t7-/m0/s1/i1+1,3+1,4+1. The minimum Gasteiger partial charge on any atom is -0.480 e. The van der Waals surface area contributed by atoms with Crippen molar-refractivity contribution in [3.8, 4) is 0 Å². The van der Waals surface area contributed by atoms with Gasteiger partial charge in [0.2, 0.25) is 5.91 Å². The Labute approximate surface area is 82.1 Å². The summed E-state index contributed by atoms with van der Waals surface area (Å²) in [6, 6.07) is -0.756. The molecular formula is C8H15NO3S. The lowest BCUT2D eigenvalue weighted by atomic mass is 10.3. The lowest BCUT2D eigenvalue weighted by molar-refractivity contribution is -0.140. The van der Waals surface area contributed by atoms with Crippen LogP contribution < -0.4 is 5.32 Å². The van der Waals surface area contributed by atoms with Crippen molar-refractivity contribution >= 4 is 23.6 Å². The van der Waals surface area contributed by atoms with Gasteiger partial charge in [-0.15, -0.1) is 0 Å². The van der Waals surface area contributed by atoms with E-state index >= 15 is 0 Å². The third kappa shape index (κ3) is 6.45. The molecule has 0 aromatic heterocycles. The number of amides is 1. The van der Waals surface area contributed by atoms with Gasteiger partial charge in [0.05, 0.1) is 0 Å². The quantitative estimate of drug-likeness (QED) is 0.498. The summed E-state index contributed by atoms with van der Waals surface area (Å²) in [5.41, 5.74) is 0. The summed E-state index contributed by atoms with van der Waals surface area (Å²) in [6.45, 7) is 3.35. The minimum absolute atomic E-state index is 0.301. The first-order valence-corrected chi connectivity index (χ1v) is 5.31. The molecule has 2 N–H and O–H groups in total. The molecule has 4 nitrogen and oxygen atoms in total. The summed E-state index contributed by atoms with van der Waals surface area (Å²) in [7, 11) is 0. The Hall–Kier alpha value is -0.710. The topological polar surface area (TPSA) is 66.4 Å². The Morgan fingerprint density at radius 3 is 2.54 bits per heavy atom. The lowest BCUT2D eigenvalue weighted by Crippen LogP contribution is -2.41. The largest absolute Gasteiger partial charge is 0.480 e. The van der Waals surface area contributed by atoms with E-state index in [0.29, 0.717) is 5.75 Å². The van der Waals surface area contributed by atoms with Crippen molar-refractivity contribution in [2.75, 3.05) is 11.5 Å². The molecule has 5 heteroatoms. The van der Waals surface area contributed by atoms with Crippen LogP contribution in [0, 0.1) is 0 Å². The molecule has 0 radical (unpaired) electrons. The van der Waals surface area contributed by atoms with Gasteiger partial charge in [-0.1, -0.05) is 6.92 Å². The van der Waals surface area contributed by atoms with E-state index in [-0.39, 0.29) is 5.91 Å². The number of hydrogen-bond acceptors (Lipinski definition) is 3.